The van der Waals surface area contributed by atoms with E-state index in [0.717, 1.165) is 15.7 Å². The fourth-order valence-electron chi connectivity index (χ4n) is 4.11. The molecule has 0 aliphatic carbocycles. The van der Waals surface area contributed by atoms with Crippen LogP contribution >= 0.6 is 11.8 Å². The molecule has 0 unspecified atom stereocenters. The number of ether oxygens (including phenoxy) is 3. The molecule has 7 nitrogen and oxygen atoms in total. The molecule has 0 radical (unpaired) electrons. The highest BCUT2D eigenvalue weighted by molar-refractivity contribution is 7.99. The van der Waals surface area contributed by atoms with Gasteiger partial charge in [-0.3, -0.25) is 14.9 Å². The third kappa shape index (κ3) is 4.35. The average molecular weight is 468 g/mol. The van der Waals surface area contributed by atoms with E-state index in [9.17, 15) is 14.9 Å². The Morgan fingerprint density at radius 3 is 2.61 bits per heavy atom. The number of benzene rings is 3. The molecule has 3 aromatic carbocycles. The molecule has 8 heteroatoms. The quantitative estimate of drug-likeness (QED) is 0.260. The Hall–Kier alpha value is -3.26. The van der Waals surface area contributed by atoms with Crippen LogP contribution in [0.2, 0.25) is 0 Å². The zero-order chi connectivity index (χ0) is 23.6. The van der Waals surface area contributed by atoms with Crippen molar-refractivity contribution in [2.45, 2.75) is 42.1 Å². The van der Waals surface area contributed by atoms with Crippen molar-refractivity contribution < 1.29 is 23.9 Å². The van der Waals surface area contributed by atoms with Crippen LogP contribution in [0.5, 0.6) is 11.5 Å². The van der Waals surface area contributed by atoms with E-state index >= 15 is 0 Å². The van der Waals surface area contributed by atoms with Gasteiger partial charge in [0, 0.05) is 22.3 Å². The first kappa shape index (κ1) is 22.9. The zero-order valence-electron chi connectivity index (χ0n) is 18.6. The number of methoxy groups -OCH3 is 1. The summed E-state index contributed by atoms with van der Waals surface area (Å²) < 4.78 is 16.5. The predicted octanol–water partition coefficient (Wildman–Crippen LogP) is 5.43. The van der Waals surface area contributed by atoms with Crippen LogP contribution in [0.3, 0.4) is 0 Å². The van der Waals surface area contributed by atoms with Gasteiger partial charge in [0.05, 0.1) is 20.1 Å². The predicted molar refractivity (Wildman–Crippen MR) is 127 cm³/mol. The molecule has 0 aromatic heterocycles. The molecular formula is C25H25NO6S. The number of thioether (sulfide) groups is 1. The maximum atomic E-state index is 12.5. The molecule has 172 valence electrons. The van der Waals surface area contributed by atoms with Gasteiger partial charge in [-0.2, -0.15) is 0 Å². The first-order valence-electron chi connectivity index (χ1n) is 10.7. The summed E-state index contributed by atoms with van der Waals surface area (Å²) in [6.07, 6.45) is -1.21. The maximum Gasteiger partial charge on any atom is 0.309 e. The van der Waals surface area contributed by atoms with Crippen molar-refractivity contribution in [1.82, 2.24) is 0 Å². The van der Waals surface area contributed by atoms with Crippen LogP contribution in [0.1, 0.15) is 31.1 Å². The molecule has 0 N–H and O–H groups in total. The van der Waals surface area contributed by atoms with Crippen molar-refractivity contribution in [1.29, 1.82) is 0 Å². The Kier molecular flexibility index (Phi) is 6.47. The molecule has 33 heavy (non-hydrogen) atoms. The van der Waals surface area contributed by atoms with Gasteiger partial charge in [-0.05, 0) is 48.0 Å². The van der Waals surface area contributed by atoms with Crippen molar-refractivity contribution >= 4 is 28.5 Å². The van der Waals surface area contributed by atoms with Gasteiger partial charge >= 0.3 is 5.97 Å². The highest BCUT2D eigenvalue weighted by Gasteiger charge is 2.59. The van der Waals surface area contributed by atoms with E-state index in [2.05, 4.69) is 0 Å². The molecule has 0 bridgehead atoms. The number of nitrogens with zero attached hydrogens (tertiary/aromatic N) is 1. The second kappa shape index (κ2) is 9.31. The molecule has 1 aliphatic rings. The van der Waals surface area contributed by atoms with Crippen LogP contribution in [0, 0.1) is 10.1 Å². The van der Waals surface area contributed by atoms with Crippen molar-refractivity contribution in [3.8, 4) is 11.5 Å². The van der Waals surface area contributed by atoms with Crippen molar-refractivity contribution in [3.63, 3.8) is 0 Å². The van der Waals surface area contributed by atoms with Gasteiger partial charge < -0.3 is 14.2 Å². The molecule has 4 rings (SSSR count). The topological polar surface area (TPSA) is 87.9 Å². The van der Waals surface area contributed by atoms with Crippen molar-refractivity contribution in [2.24, 2.45) is 0 Å². The van der Waals surface area contributed by atoms with Crippen LogP contribution in [0.25, 0.3) is 10.8 Å². The number of carbonyl (C=O) groups excluding carboxylic acids is 1. The molecule has 3 aromatic rings. The smallest absolute Gasteiger partial charge is 0.309 e. The largest absolute Gasteiger partial charge is 0.497 e. The Morgan fingerprint density at radius 1 is 1.15 bits per heavy atom. The fourth-order valence-corrected chi connectivity index (χ4v) is 5.52. The molecule has 1 aliphatic heterocycles. The third-order valence-corrected chi connectivity index (χ3v) is 7.47. The lowest BCUT2D eigenvalue weighted by Gasteiger charge is -2.40. The van der Waals surface area contributed by atoms with Gasteiger partial charge in [0.1, 0.15) is 16.7 Å². The van der Waals surface area contributed by atoms with Gasteiger partial charge in [0.25, 0.3) is 5.54 Å². The first-order valence-corrected chi connectivity index (χ1v) is 11.5. The van der Waals surface area contributed by atoms with E-state index in [1.807, 2.05) is 42.5 Å². The maximum absolute atomic E-state index is 12.5. The van der Waals surface area contributed by atoms with Crippen molar-refractivity contribution in [3.05, 3.63) is 76.3 Å². The lowest BCUT2D eigenvalue weighted by molar-refractivity contribution is -0.578. The Labute approximate surface area is 196 Å². The third-order valence-electron chi connectivity index (χ3n) is 5.98. The first-order chi connectivity index (χ1) is 15.9. The highest BCUT2D eigenvalue weighted by atomic mass is 32.2. The van der Waals surface area contributed by atoms with E-state index in [-0.39, 0.29) is 18.0 Å². The summed E-state index contributed by atoms with van der Waals surface area (Å²) in [6.45, 7) is 3.44. The fraction of sp³-hybridized carbons (Fsp3) is 0.320. The molecule has 0 amide bonds. The number of nitro groups is 1. The Bertz CT molecular complexity index is 1200. The summed E-state index contributed by atoms with van der Waals surface area (Å²) in [5, 5.41) is 14.0. The molecule has 1 heterocycles. The highest BCUT2D eigenvalue weighted by Crippen LogP contribution is 2.54. The zero-order valence-corrected chi connectivity index (χ0v) is 19.5. The number of esters is 1. The summed E-state index contributed by atoms with van der Waals surface area (Å²) in [5.74, 6) is 0.556. The monoisotopic (exact) mass is 467 g/mol. The van der Waals surface area contributed by atoms with Gasteiger partial charge in [-0.25, -0.2) is 0 Å². The number of fused-ring (bicyclic) bond motifs is 2. The number of rotatable bonds is 7. The van der Waals surface area contributed by atoms with E-state index in [1.165, 1.54) is 18.7 Å². The second-order valence-electron chi connectivity index (χ2n) is 8.01. The van der Waals surface area contributed by atoms with E-state index in [4.69, 9.17) is 14.2 Å². The molecule has 0 saturated heterocycles. The lowest BCUT2D eigenvalue weighted by Crippen LogP contribution is -2.56. The van der Waals surface area contributed by atoms with Crippen molar-refractivity contribution in [2.75, 3.05) is 13.7 Å². The van der Waals surface area contributed by atoms with Crippen LogP contribution in [-0.4, -0.2) is 36.3 Å². The van der Waals surface area contributed by atoms with Crippen LogP contribution < -0.4 is 9.47 Å². The molecule has 0 saturated carbocycles. The minimum atomic E-state index is -1.59. The Morgan fingerprint density at radius 2 is 1.91 bits per heavy atom. The molecule has 3 atom stereocenters. The van der Waals surface area contributed by atoms with E-state index in [1.54, 1.807) is 32.2 Å². The molecule has 0 spiro atoms. The van der Waals surface area contributed by atoms with Gasteiger partial charge in [0.15, 0.2) is 6.10 Å². The lowest BCUT2D eigenvalue weighted by atomic mass is 9.82. The average Bonchev–Trinajstić information content (AvgIpc) is 2.81. The van der Waals surface area contributed by atoms with Crippen LogP contribution in [0.4, 0.5) is 0 Å². The van der Waals surface area contributed by atoms with E-state index < -0.39 is 22.9 Å². The standard InChI is InChI=1S/C25H25NO6S/c1-4-31-23(27)15-22-25(2,26(28)29)24(20-14-18(30-3)10-12-21(20)32-22)33-19-11-9-16-7-5-6-8-17(16)13-19/h5-14,22,24H,4,15H2,1-3H3/t22-,24-,25-/m1/s1. The number of hydrogen-bond donors (Lipinski definition) is 0. The van der Waals surface area contributed by atoms with E-state index in [0.29, 0.717) is 17.1 Å². The van der Waals surface area contributed by atoms with Gasteiger partial charge in [0.2, 0.25) is 0 Å². The summed E-state index contributed by atoms with van der Waals surface area (Å²) >= 11 is 1.39. The minimum Gasteiger partial charge on any atom is -0.497 e. The summed E-state index contributed by atoms with van der Waals surface area (Å²) in [5.41, 5.74) is -0.936. The normalized spacial score (nSPS) is 21.7. The van der Waals surface area contributed by atoms with Gasteiger partial charge in [-0.15, -0.1) is 11.8 Å². The second-order valence-corrected chi connectivity index (χ2v) is 9.19. The minimum absolute atomic E-state index is 0.198. The summed E-state index contributed by atoms with van der Waals surface area (Å²) in [4.78, 5) is 25.4. The molecule has 0 fully saturated rings. The van der Waals surface area contributed by atoms with Gasteiger partial charge in [-0.1, -0.05) is 30.3 Å². The summed E-state index contributed by atoms with van der Waals surface area (Å²) in [7, 11) is 1.55. The van der Waals surface area contributed by atoms with Crippen LogP contribution in [0.15, 0.2) is 65.6 Å². The molecular weight excluding hydrogens is 442 g/mol. The number of hydrogen-bond acceptors (Lipinski definition) is 7. The summed E-state index contributed by atoms with van der Waals surface area (Å²) in [6, 6.07) is 19.2. The SMILES string of the molecule is CCOC(=O)C[C@H]1Oc2ccc(OC)cc2[C@@H](Sc2ccc3ccccc3c2)[C@]1(C)[N+](=O)[O-]. The van der Waals surface area contributed by atoms with Crippen LogP contribution in [-0.2, 0) is 9.53 Å². The Balaban J connectivity index is 1.81. The number of carbonyl (C=O) groups is 1.